The van der Waals surface area contributed by atoms with E-state index >= 15 is 0 Å². The third-order valence-corrected chi connectivity index (χ3v) is 26.1. The van der Waals surface area contributed by atoms with Crippen LogP contribution in [0.3, 0.4) is 0 Å². The Bertz CT molecular complexity index is 5270. The van der Waals surface area contributed by atoms with Gasteiger partial charge in [0.15, 0.2) is 11.3 Å². The van der Waals surface area contributed by atoms with Crippen LogP contribution in [-0.4, -0.2) is 195 Å². The number of ether oxygens (including phenoxy) is 2. The molecule has 8 fully saturated rings. The number of halogens is 2. The number of aromatic carboxylic acids is 1. The summed E-state index contributed by atoms with van der Waals surface area (Å²) in [6.07, 6.45) is 8.60. The minimum atomic E-state index is -0.901. The number of carbonyl (C=O) groups is 6. The molecular formula is C86H102Cl2N18O11. The van der Waals surface area contributed by atoms with E-state index in [0.29, 0.717) is 66.9 Å². The molecule has 2 atom stereocenters. The van der Waals surface area contributed by atoms with Gasteiger partial charge in [-0.3, -0.25) is 53.2 Å². The van der Waals surface area contributed by atoms with Crippen molar-refractivity contribution in [3.63, 3.8) is 0 Å². The average Bonchev–Trinajstić information content (AvgIpc) is 1.11. The second-order valence-corrected chi connectivity index (χ2v) is 35.4. The van der Waals surface area contributed by atoms with E-state index in [1.54, 1.807) is 60.9 Å². The van der Waals surface area contributed by atoms with Crippen LogP contribution >= 0.6 is 23.2 Å². The first-order valence-electron chi connectivity index (χ1n) is 40.4. The molecule has 2 aliphatic carbocycles. The van der Waals surface area contributed by atoms with E-state index in [1.165, 1.54) is 18.2 Å². The molecule has 5 amide bonds. The predicted molar refractivity (Wildman–Crippen MR) is 444 cm³/mol. The lowest BCUT2D eigenvalue weighted by atomic mass is 9.49. The average molecular weight is 1630 g/mol. The number of benzene rings is 4. The lowest BCUT2D eigenvalue weighted by molar-refractivity contribution is -0.164. The molecule has 616 valence electrons. The van der Waals surface area contributed by atoms with Gasteiger partial charge in [0.05, 0.1) is 26.7 Å². The summed E-state index contributed by atoms with van der Waals surface area (Å²) in [5.41, 5.74) is 11.5. The summed E-state index contributed by atoms with van der Waals surface area (Å²) < 4.78 is 17.7. The molecular weight excluding hydrogens is 1530 g/mol. The Hall–Kier alpha value is -10.8. The molecule has 6 N–H and O–H groups in total. The van der Waals surface area contributed by atoms with Crippen molar-refractivity contribution in [2.45, 2.75) is 143 Å². The van der Waals surface area contributed by atoms with Crippen molar-refractivity contribution in [2.24, 2.45) is 39.2 Å². The van der Waals surface area contributed by atoms with Crippen LogP contribution in [0.5, 0.6) is 11.5 Å². The number of fused-ring (bicyclic) bond motifs is 2. The first-order chi connectivity index (χ1) is 55.8. The number of imide groups is 2. The van der Waals surface area contributed by atoms with Crippen LogP contribution < -0.4 is 62.1 Å². The third-order valence-electron chi connectivity index (χ3n) is 25.5. The number of hydrogen-bond donors (Lipinski definition) is 5. The van der Waals surface area contributed by atoms with Crippen LogP contribution in [0.4, 0.5) is 22.7 Å². The van der Waals surface area contributed by atoms with E-state index in [-0.39, 0.29) is 101 Å². The summed E-state index contributed by atoms with van der Waals surface area (Å²) >= 11 is 12.3. The van der Waals surface area contributed by atoms with Crippen LogP contribution in [-0.2, 0) is 19.2 Å². The molecule has 2 saturated carbocycles. The van der Waals surface area contributed by atoms with E-state index in [1.807, 2.05) is 54.6 Å². The molecule has 0 radical (unpaired) electrons. The summed E-state index contributed by atoms with van der Waals surface area (Å²) in [5.74, 6) is -0.0977. The quantitative estimate of drug-likeness (QED) is 0.0530. The number of nitrogens with one attached hydrogen (secondary N) is 3. The number of pyridine rings is 2. The van der Waals surface area contributed by atoms with Gasteiger partial charge in [-0.1, -0.05) is 78.6 Å². The number of piperidine rings is 4. The largest absolute Gasteiger partial charge is 0.489 e. The molecule has 16 rings (SSSR count). The number of carbonyl (C=O) groups excluding carboxylic acids is 5. The smallest absolute Gasteiger partial charge is 0.351 e. The Labute approximate surface area is 689 Å². The van der Waals surface area contributed by atoms with Crippen LogP contribution in [0.15, 0.2) is 131 Å². The number of amides is 5. The number of aromatic nitrogens is 6. The fraction of sp³-hybridized carbons (Fsp3) is 0.488. The zero-order valence-electron chi connectivity index (χ0n) is 67.3. The van der Waals surface area contributed by atoms with Gasteiger partial charge in [-0.2, -0.15) is 19.9 Å². The summed E-state index contributed by atoms with van der Waals surface area (Å²) in [4.78, 5) is 113. The molecule has 6 aliphatic heterocycles. The molecule has 4 aromatic heterocycles. The number of nitrogens with zero attached hydrogens (tertiary/aromatic N) is 14. The van der Waals surface area contributed by atoms with Crippen molar-refractivity contribution in [2.75, 3.05) is 111 Å². The van der Waals surface area contributed by atoms with Gasteiger partial charge in [-0.05, 0) is 135 Å². The van der Waals surface area contributed by atoms with Crippen LogP contribution in [0.2, 0.25) is 10.0 Å². The molecule has 6 saturated heterocycles. The van der Waals surface area contributed by atoms with Gasteiger partial charge in [-0.25, -0.2) is 14.4 Å². The van der Waals surface area contributed by atoms with E-state index in [4.69, 9.17) is 48.8 Å². The number of nitriles is 2. The second kappa shape index (κ2) is 33.7. The molecule has 10 heterocycles. The van der Waals surface area contributed by atoms with Gasteiger partial charge in [0, 0.05) is 203 Å². The van der Waals surface area contributed by atoms with Crippen molar-refractivity contribution >= 4 is 92.8 Å². The van der Waals surface area contributed by atoms with Crippen molar-refractivity contribution in [3.8, 4) is 23.6 Å². The fourth-order valence-electron chi connectivity index (χ4n) is 19.1. The van der Waals surface area contributed by atoms with E-state index in [9.17, 15) is 43.6 Å². The van der Waals surface area contributed by atoms with E-state index in [0.717, 1.165) is 140 Å². The number of carboxylic acid groups (broad SMARTS) is 1. The molecule has 31 heteroatoms. The standard InChI is InChI=1S/C43H50ClN9O5.C28H33N7O5.C15H19ClN2O/c1-42(2)39(43(3,4)40(42)58-32-10-7-29(25-45)33(44)24-32)47-37(55)28-5-8-30(9-6-28)50-16-13-27(14-17-50)26-49-19-21-51(22-20-49)31-15-18-52-35(23-31)48-53(41(52)57)34-11-12-36(54)46-38(34)56;36-25-6-5-23(26(37)29-25)35-28(40)34-12-9-22(17-24(34)30-35)33-15-13-31(14-16-33)18-19-7-10-32(11-8-19)21-3-1-20(2-4-21)27(38)39;1-14(2)12(18)15(3,4)13(14)19-10-6-5-9(8-17)11(16)7-10/h5-10,15,18,23-24,27,34,39-40H,11-14,16-17,19-22,26H2,1-4H3,(H,47,55)(H,46,54,56);1-4,9,12,17,19,23H,5-8,10-11,13-16,18H2,(H,38,39)(H,29,36,37);5-7,12-13H,18H2,1-4H3. The third kappa shape index (κ3) is 17.2. The Balaban J connectivity index is 0.000000164. The molecule has 0 bridgehead atoms. The SMILES string of the molecule is CC1(C)C(N)C(C)(C)C1Oc1ccc(C#N)c(Cl)c1.CC1(C)C(NC(=O)c2ccc(N3CCC(CN4CCN(c5ccn6c(=O)n(C7CCC(=O)NC7=O)nc6c5)CC4)CC3)cc2)C(C)(C)C1Oc1ccc(C#N)c(Cl)c1.O=C1CCC(n2nc3cc(N4CCN(CC5CCN(c6ccc(C(=O)O)cc6)CC5)CC4)ccn3c2=O)C(=O)N1. The molecule has 8 aromatic rings. The number of anilines is 4. The molecule has 4 aromatic carbocycles. The minimum absolute atomic E-state index is 0.0269. The lowest BCUT2D eigenvalue weighted by Gasteiger charge is -2.63. The Morgan fingerprint density at radius 1 is 0.504 bits per heavy atom. The summed E-state index contributed by atoms with van der Waals surface area (Å²) in [5, 5.41) is 44.7. The molecule has 0 spiro atoms. The number of carboxylic acids is 1. The Morgan fingerprint density at radius 2 is 0.880 bits per heavy atom. The number of rotatable bonds is 17. The second-order valence-electron chi connectivity index (χ2n) is 34.6. The monoisotopic (exact) mass is 1630 g/mol. The predicted octanol–water partition coefficient (Wildman–Crippen LogP) is 9.21. The first kappa shape index (κ1) is 82.7. The van der Waals surface area contributed by atoms with Crippen LogP contribution in [0.1, 0.15) is 151 Å². The zero-order chi connectivity index (χ0) is 83.2. The molecule has 117 heavy (non-hydrogen) atoms. The maximum Gasteiger partial charge on any atom is 0.351 e. The maximum atomic E-state index is 13.5. The molecule has 2 unspecified atom stereocenters. The van der Waals surface area contributed by atoms with Gasteiger partial charge in [0.2, 0.25) is 11.8 Å². The van der Waals surface area contributed by atoms with Gasteiger partial charge >= 0.3 is 17.3 Å². The highest BCUT2D eigenvalue weighted by molar-refractivity contribution is 6.32. The Morgan fingerprint density at radius 3 is 1.25 bits per heavy atom. The lowest BCUT2D eigenvalue weighted by Crippen LogP contribution is -2.74. The summed E-state index contributed by atoms with van der Waals surface area (Å²) in [7, 11) is 0. The zero-order valence-corrected chi connectivity index (χ0v) is 68.9. The van der Waals surface area contributed by atoms with Crippen molar-refractivity contribution in [3.05, 3.63) is 175 Å². The van der Waals surface area contributed by atoms with Gasteiger partial charge in [0.25, 0.3) is 17.7 Å². The topological polar surface area (TPSA) is 349 Å². The first-order valence-corrected chi connectivity index (χ1v) is 41.1. The fourth-order valence-corrected chi connectivity index (χ4v) is 19.6. The van der Waals surface area contributed by atoms with E-state index < -0.39 is 29.9 Å². The molecule has 29 nitrogen and oxygen atoms in total. The Kier molecular flexibility index (Phi) is 23.8. The van der Waals surface area contributed by atoms with E-state index in [2.05, 4.69) is 129 Å². The normalized spacial score (nSPS) is 23.3. The highest BCUT2D eigenvalue weighted by Gasteiger charge is 2.64. The number of piperazine rings is 2. The number of hydrogen-bond acceptors (Lipinski definition) is 21. The van der Waals surface area contributed by atoms with Crippen LogP contribution in [0.25, 0.3) is 11.3 Å². The van der Waals surface area contributed by atoms with Gasteiger partial charge < -0.3 is 45.2 Å². The highest BCUT2D eigenvalue weighted by atomic mass is 35.5. The highest BCUT2D eigenvalue weighted by Crippen LogP contribution is 2.56. The molecule has 8 aliphatic rings. The van der Waals surface area contributed by atoms with Gasteiger partial charge in [0.1, 0.15) is 47.9 Å². The van der Waals surface area contributed by atoms with Gasteiger partial charge in [-0.15, -0.1) is 10.2 Å². The number of nitrogens with two attached hydrogens (primary N) is 1. The summed E-state index contributed by atoms with van der Waals surface area (Å²) in [6, 6.07) is 35.5. The van der Waals surface area contributed by atoms with Crippen molar-refractivity contribution in [1.82, 2.24) is 54.1 Å². The van der Waals surface area contributed by atoms with Crippen LogP contribution in [0, 0.1) is 56.2 Å². The summed E-state index contributed by atoms with van der Waals surface area (Å²) in [6.45, 7) is 30.2. The maximum absolute atomic E-state index is 13.5. The minimum Gasteiger partial charge on any atom is -0.489 e. The van der Waals surface area contributed by atoms with Crippen molar-refractivity contribution < 1.29 is 43.3 Å². The van der Waals surface area contributed by atoms with Crippen molar-refractivity contribution in [1.29, 1.82) is 10.5 Å².